The number of nitrogens with one attached hydrogen (secondary N) is 1. The van der Waals surface area contributed by atoms with Gasteiger partial charge in [0.15, 0.2) is 11.5 Å². The third-order valence-corrected chi connectivity index (χ3v) is 5.14. The molecule has 2 rings (SSSR count). The summed E-state index contributed by atoms with van der Waals surface area (Å²) in [5.41, 5.74) is -0.0333. The molecule has 0 unspecified atom stereocenters. The molecule has 1 saturated carbocycles. The van der Waals surface area contributed by atoms with Crippen molar-refractivity contribution in [1.29, 1.82) is 0 Å². The number of nitrogens with zero attached hydrogens (tertiary/aromatic N) is 1. The molecule has 0 amide bonds. The molecule has 0 bridgehead atoms. The molecule has 2 N–H and O–H groups in total. The van der Waals surface area contributed by atoms with E-state index >= 15 is 0 Å². The molecule has 1 heterocycles. The summed E-state index contributed by atoms with van der Waals surface area (Å²) in [5.74, 6) is -0.479. The Balaban J connectivity index is 1.82. The first-order valence-electron chi connectivity index (χ1n) is 6.60. The molecule has 6 heteroatoms. The molecule has 1 aromatic rings. The molecule has 0 saturated heterocycles. The lowest BCUT2D eigenvalue weighted by molar-refractivity contribution is 0.0685. The second kappa shape index (κ2) is 6.43. The number of carbonyl (C=O) groups is 1. The van der Waals surface area contributed by atoms with Gasteiger partial charge in [-0.1, -0.05) is 24.4 Å². The third kappa shape index (κ3) is 3.73. The van der Waals surface area contributed by atoms with Gasteiger partial charge in [-0.3, -0.25) is 0 Å². The van der Waals surface area contributed by atoms with Crippen LogP contribution in [0.3, 0.4) is 0 Å². The van der Waals surface area contributed by atoms with Crippen LogP contribution in [-0.2, 0) is 6.54 Å². The van der Waals surface area contributed by atoms with E-state index in [2.05, 4.69) is 16.7 Å². The van der Waals surface area contributed by atoms with Gasteiger partial charge in [-0.15, -0.1) is 0 Å². The van der Waals surface area contributed by atoms with Gasteiger partial charge in [0, 0.05) is 17.4 Å². The maximum atomic E-state index is 10.7. The van der Waals surface area contributed by atoms with Crippen LogP contribution in [0.4, 0.5) is 0 Å². The predicted octanol–water partition coefficient (Wildman–Crippen LogP) is 2.53. The van der Waals surface area contributed by atoms with Crippen LogP contribution in [0.2, 0.25) is 0 Å². The maximum absolute atomic E-state index is 10.7. The topological polar surface area (TPSA) is 75.4 Å². The molecule has 0 aliphatic heterocycles. The lowest BCUT2D eigenvalue weighted by Gasteiger charge is -2.35. The van der Waals surface area contributed by atoms with Gasteiger partial charge in [0.2, 0.25) is 0 Å². The molecule has 0 aromatic carbocycles. The van der Waals surface area contributed by atoms with E-state index < -0.39 is 5.97 Å². The summed E-state index contributed by atoms with van der Waals surface area (Å²) in [6.07, 6.45) is 8.61. The van der Waals surface area contributed by atoms with E-state index in [4.69, 9.17) is 9.63 Å². The van der Waals surface area contributed by atoms with Crippen molar-refractivity contribution in [2.24, 2.45) is 0 Å². The summed E-state index contributed by atoms with van der Waals surface area (Å²) in [6, 6.07) is 1.47. The summed E-state index contributed by atoms with van der Waals surface area (Å²) < 4.78 is 5.31. The standard InChI is InChI=1S/C13H20N2O3S/c1-19-13(5-3-2-4-6-13)9-14-8-10-7-11(12(16)17)15-18-10/h7,14H,2-6,8-9H2,1H3,(H,16,17). The van der Waals surface area contributed by atoms with Crippen LogP contribution in [0.15, 0.2) is 10.6 Å². The molecule has 5 nitrogen and oxygen atoms in total. The molecule has 0 radical (unpaired) electrons. The van der Waals surface area contributed by atoms with Gasteiger partial charge in [-0.05, 0) is 19.1 Å². The van der Waals surface area contributed by atoms with Crippen LogP contribution >= 0.6 is 11.8 Å². The molecule has 1 aliphatic carbocycles. The Morgan fingerprint density at radius 1 is 1.53 bits per heavy atom. The summed E-state index contributed by atoms with van der Waals surface area (Å²) in [4.78, 5) is 10.7. The van der Waals surface area contributed by atoms with Crippen molar-refractivity contribution in [1.82, 2.24) is 10.5 Å². The summed E-state index contributed by atoms with van der Waals surface area (Å²) in [7, 11) is 0. The van der Waals surface area contributed by atoms with Crippen molar-refractivity contribution in [3.63, 3.8) is 0 Å². The van der Waals surface area contributed by atoms with Crippen molar-refractivity contribution in [3.05, 3.63) is 17.5 Å². The minimum absolute atomic E-state index is 0.0333. The van der Waals surface area contributed by atoms with E-state index in [1.807, 2.05) is 11.8 Å². The van der Waals surface area contributed by atoms with Gasteiger partial charge in [0.05, 0.1) is 6.54 Å². The third-order valence-electron chi connectivity index (χ3n) is 3.72. The Kier molecular flexibility index (Phi) is 4.87. The quantitative estimate of drug-likeness (QED) is 0.836. The average Bonchev–Trinajstić information content (AvgIpc) is 2.89. The molecule has 106 valence electrons. The van der Waals surface area contributed by atoms with Gasteiger partial charge in [0.25, 0.3) is 0 Å². The first kappa shape index (κ1) is 14.4. The van der Waals surface area contributed by atoms with Crippen LogP contribution in [-0.4, -0.2) is 33.8 Å². The van der Waals surface area contributed by atoms with E-state index in [0.717, 1.165) is 6.54 Å². The molecular formula is C13H20N2O3S. The molecule has 19 heavy (non-hydrogen) atoms. The molecule has 0 spiro atoms. The fourth-order valence-corrected chi connectivity index (χ4v) is 3.50. The van der Waals surface area contributed by atoms with Crippen LogP contribution in [0.25, 0.3) is 0 Å². The van der Waals surface area contributed by atoms with Crippen LogP contribution < -0.4 is 5.32 Å². The highest BCUT2D eigenvalue weighted by atomic mass is 32.2. The fourth-order valence-electron chi connectivity index (χ4n) is 2.56. The minimum Gasteiger partial charge on any atom is -0.476 e. The van der Waals surface area contributed by atoms with Crippen LogP contribution in [0, 0.1) is 0 Å². The zero-order chi connectivity index (χ0) is 13.7. The average molecular weight is 284 g/mol. The number of carboxylic acid groups (broad SMARTS) is 1. The number of aromatic carboxylic acids is 1. The monoisotopic (exact) mass is 284 g/mol. The summed E-state index contributed by atoms with van der Waals surface area (Å²) in [5, 5.41) is 15.6. The van der Waals surface area contributed by atoms with Crippen LogP contribution in [0.5, 0.6) is 0 Å². The number of thioether (sulfide) groups is 1. The Bertz CT molecular complexity index is 427. The van der Waals surface area contributed by atoms with E-state index in [1.165, 1.54) is 38.2 Å². The van der Waals surface area contributed by atoms with Crippen molar-refractivity contribution < 1.29 is 14.4 Å². The van der Waals surface area contributed by atoms with Gasteiger partial charge in [0.1, 0.15) is 0 Å². The largest absolute Gasteiger partial charge is 0.476 e. The van der Waals surface area contributed by atoms with Crippen molar-refractivity contribution in [2.75, 3.05) is 12.8 Å². The molecule has 1 fully saturated rings. The van der Waals surface area contributed by atoms with Gasteiger partial charge >= 0.3 is 5.97 Å². The van der Waals surface area contributed by atoms with E-state index in [-0.39, 0.29) is 5.69 Å². The molecular weight excluding hydrogens is 264 g/mol. The second-order valence-electron chi connectivity index (χ2n) is 5.03. The van der Waals surface area contributed by atoms with Crippen molar-refractivity contribution >= 4 is 17.7 Å². The highest BCUT2D eigenvalue weighted by Gasteiger charge is 2.30. The lowest BCUT2D eigenvalue weighted by atomic mass is 9.88. The van der Waals surface area contributed by atoms with Gasteiger partial charge in [-0.2, -0.15) is 11.8 Å². The Morgan fingerprint density at radius 2 is 2.26 bits per heavy atom. The smallest absolute Gasteiger partial charge is 0.358 e. The van der Waals surface area contributed by atoms with Gasteiger partial charge in [-0.25, -0.2) is 4.79 Å². The van der Waals surface area contributed by atoms with E-state index in [9.17, 15) is 4.79 Å². The van der Waals surface area contributed by atoms with Crippen LogP contribution in [0.1, 0.15) is 48.4 Å². The first-order valence-corrected chi connectivity index (χ1v) is 7.82. The van der Waals surface area contributed by atoms with E-state index in [0.29, 0.717) is 17.1 Å². The summed E-state index contributed by atoms with van der Waals surface area (Å²) in [6.45, 7) is 1.46. The van der Waals surface area contributed by atoms with Crippen molar-refractivity contribution in [3.8, 4) is 0 Å². The number of hydrogen-bond acceptors (Lipinski definition) is 5. The Morgan fingerprint density at radius 3 is 2.84 bits per heavy atom. The molecule has 1 aliphatic rings. The lowest BCUT2D eigenvalue weighted by Crippen LogP contribution is -2.39. The number of hydrogen-bond donors (Lipinski definition) is 2. The minimum atomic E-state index is -1.05. The highest BCUT2D eigenvalue weighted by molar-refractivity contribution is 8.00. The normalized spacial score (nSPS) is 18.4. The van der Waals surface area contributed by atoms with E-state index in [1.54, 1.807) is 0 Å². The number of aromatic nitrogens is 1. The molecule has 0 atom stereocenters. The SMILES string of the molecule is CSC1(CNCc2cc(C(=O)O)no2)CCCCC1. The highest BCUT2D eigenvalue weighted by Crippen LogP contribution is 2.37. The predicted molar refractivity (Wildman–Crippen MR) is 74.5 cm³/mol. The number of rotatable bonds is 6. The summed E-state index contributed by atoms with van der Waals surface area (Å²) >= 11 is 1.94. The Labute approximate surface area is 117 Å². The molecule has 1 aromatic heterocycles. The fraction of sp³-hybridized carbons (Fsp3) is 0.692. The van der Waals surface area contributed by atoms with Gasteiger partial charge < -0.3 is 14.9 Å². The maximum Gasteiger partial charge on any atom is 0.358 e. The second-order valence-corrected chi connectivity index (χ2v) is 6.31. The Hall–Kier alpha value is -1.01. The zero-order valence-electron chi connectivity index (χ0n) is 11.1. The zero-order valence-corrected chi connectivity index (χ0v) is 12.0. The number of carboxylic acids is 1. The van der Waals surface area contributed by atoms with Crippen molar-refractivity contribution in [2.45, 2.75) is 43.4 Å². The first-order chi connectivity index (χ1) is 9.15.